The summed E-state index contributed by atoms with van der Waals surface area (Å²) in [6, 6.07) is 3.61. The van der Waals surface area contributed by atoms with Gasteiger partial charge < -0.3 is 25.3 Å². The molecule has 0 radical (unpaired) electrons. The van der Waals surface area contributed by atoms with E-state index >= 15 is 0 Å². The summed E-state index contributed by atoms with van der Waals surface area (Å²) in [7, 11) is 4.80. The summed E-state index contributed by atoms with van der Waals surface area (Å²) in [5.41, 5.74) is 6.35. The Morgan fingerprint density at radius 2 is 1.70 bits per heavy atom. The fraction of sp³-hybridized carbons (Fsp3) is 0.588. The zero-order valence-electron chi connectivity index (χ0n) is 14.1. The van der Waals surface area contributed by atoms with E-state index in [-0.39, 0.29) is 5.91 Å². The van der Waals surface area contributed by atoms with E-state index in [1.165, 1.54) is 0 Å². The van der Waals surface area contributed by atoms with Crippen LogP contribution in [0, 0.1) is 0 Å². The number of carbonyl (C=O) groups is 1. The molecule has 2 rings (SSSR count). The lowest BCUT2D eigenvalue weighted by molar-refractivity contribution is -0.126. The molecule has 6 nitrogen and oxygen atoms in total. The predicted molar refractivity (Wildman–Crippen MR) is 88.2 cm³/mol. The van der Waals surface area contributed by atoms with Gasteiger partial charge in [0.2, 0.25) is 5.91 Å². The third kappa shape index (κ3) is 3.88. The van der Waals surface area contributed by atoms with Crippen molar-refractivity contribution in [1.82, 2.24) is 5.32 Å². The minimum atomic E-state index is -0.700. The molecule has 23 heavy (non-hydrogen) atoms. The molecule has 0 saturated heterocycles. The van der Waals surface area contributed by atoms with E-state index in [0.717, 1.165) is 31.2 Å². The van der Waals surface area contributed by atoms with Gasteiger partial charge in [-0.2, -0.15) is 0 Å². The normalized spacial score (nSPS) is 16.0. The molecular weight excluding hydrogens is 296 g/mol. The van der Waals surface area contributed by atoms with Crippen LogP contribution in [0.5, 0.6) is 17.2 Å². The van der Waals surface area contributed by atoms with Gasteiger partial charge in [-0.3, -0.25) is 4.79 Å². The maximum Gasteiger partial charge on any atom is 0.240 e. The van der Waals surface area contributed by atoms with Crippen molar-refractivity contribution in [3.05, 3.63) is 17.7 Å². The number of hydrogen-bond donors (Lipinski definition) is 2. The first-order valence-electron chi connectivity index (χ1n) is 7.90. The number of nitrogens with two attached hydrogens (primary N) is 1. The highest BCUT2D eigenvalue weighted by Gasteiger charge is 2.36. The Morgan fingerprint density at radius 3 is 2.17 bits per heavy atom. The van der Waals surface area contributed by atoms with Gasteiger partial charge in [0.05, 0.1) is 26.9 Å². The minimum Gasteiger partial charge on any atom is -0.496 e. The number of rotatable bonds is 7. The second kappa shape index (κ2) is 7.55. The summed E-state index contributed by atoms with van der Waals surface area (Å²) in [5.74, 6) is 1.96. The van der Waals surface area contributed by atoms with E-state index in [1.807, 2.05) is 0 Å². The predicted octanol–water partition coefficient (Wildman–Crippen LogP) is 1.64. The fourth-order valence-electron chi connectivity index (χ4n) is 3.03. The second-order valence-corrected chi connectivity index (χ2v) is 5.88. The molecule has 0 heterocycles. The lowest BCUT2D eigenvalue weighted by atomic mass is 9.98. The lowest BCUT2D eigenvalue weighted by Crippen LogP contribution is -2.52. The van der Waals surface area contributed by atoms with Gasteiger partial charge in [0, 0.05) is 24.2 Å². The van der Waals surface area contributed by atoms with Crippen LogP contribution >= 0.6 is 0 Å². The third-order valence-electron chi connectivity index (χ3n) is 4.43. The topological polar surface area (TPSA) is 82.8 Å². The van der Waals surface area contributed by atoms with Crippen LogP contribution < -0.4 is 25.3 Å². The molecule has 0 atom stereocenters. The Hall–Kier alpha value is -1.95. The summed E-state index contributed by atoms with van der Waals surface area (Å²) in [6.45, 7) is 0.483. The van der Waals surface area contributed by atoms with Gasteiger partial charge in [0.25, 0.3) is 0 Å². The van der Waals surface area contributed by atoms with Crippen LogP contribution in [0.25, 0.3) is 0 Å². The van der Waals surface area contributed by atoms with Crippen molar-refractivity contribution < 1.29 is 19.0 Å². The first-order chi connectivity index (χ1) is 11.0. The molecule has 1 fully saturated rings. The van der Waals surface area contributed by atoms with Crippen molar-refractivity contribution in [3.63, 3.8) is 0 Å². The number of benzene rings is 1. The monoisotopic (exact) mass is 322 g/mol. The minimum absolute atomic E-state index is 0.0681. The van der Waals surface area contributed by atoms with Crippen LogP contribution in [0.3, 0.4) is 0 Å². The van der Waals surface area contributed by atoms with E-state index in [1.54, 1.807) is 33.5 Å². The molecule has 3 N–H and O–H groups in total. The summed E-state index contributed by atoms with van der Waals surface area (Å²) in [5, 5.41) is 2.94. The Labute approximate surface area is 137 Å². The molecule has 0 bridgehead atoms. The Morgan fingerprint density at radius 1 is 1.13 bits per heavy atom. The average Bonchev–Trinajstić information content (AvgIpc) is 3.02. The van der Waals surface area contributed by atoms with Gasteiger partial charge >= 0.3 is 0 Å². The molecule has 1 aliphatic rings. The third-order valence-corrected chi connectivity index (χ3v) is 4.43. The SMILES string of the molecule is COc1cc(OC)c(CCNC(=O)C2(N)CCCC2)c(OC)c1. The number of methoxy groups -OCH3 is 3. The van der Waals surface area contributed by atoms with Crippen LogP contribution in [0.2, 0.25) is 0 Å². The maximum absolute atomic E-state index is 12.2. The van der Waals surface area contributed by atoms with Gasteiger partial charge in [-0.1, -0.05) is 12.8 Å². The molecule has 0 spiro atoms. The molecule has 6 heteroatoms. The number of hydrogen-bond acceptors (Lipinski definition) is 5. The van der Waals surface area contributed by atoms with Gasteiger partial charge in [0.1, 0.15) is 17.2 Å². The van der Waals surface area contributed by atoms with Crippen LogP contribution in [-0.2, 0) is 11.2 Å². The molecular formula is C17H26N2O4. The zero-order chi connectivity index (χ0) is 16.9. The van der Waals surface area contributed by atoms with E-state index in [0.29, 0.717) is 30.2 Å². The first-order valence-corrected chi connectivity index (χ1v) is 7.90. The quantitative estimate of drug-likeness (QED) is 0.797. The smallest absolute Gasteiger partial charge is 0.240 e. The molecule has 0 unspecified atom stereocenters. The molecule has 1 amide bonds. The van der Waals surface area contributed by atoms with Crippen molar-refractivity contribution in [2.24, 2.45) is 5.73 Å². The zero-order valence-corrected chi connectivity index (χ0v) is 14.1. The summed E-state index contributed by atoms with van der Waals surface area (Å²) < 4.78 is 16.1. The maximum atomic E-state index is 12.2. The van der Waals surface area contributed by atoms with Crippen LogP contribution in [0.15, 0.2) is 12.1 Å². The molecule has 0 aromatic heterocycles. The van der Waals surface area contributed by atoms with Crippen molar-refractivity contribution in [1.29, 1.82) is 0 Å². The molecule has 1 aromatic rings. The van der Waals surface area contributed by atoms with E-state index < -0.39 is 5.54 Å². The Bertz CT molecular complexity index is 529. The molecule has 1 aromatic carbocycles. The molecule has 1 saturated carbocycles. The van der Waals surface area contributed by atoms with Gasteiger partial charge in [0.15, 0.2) is 0 Å². The average molecular weight is 322 g/mol. The molecule has 128 valence electrons. The number of amides is 1. The van der Waals surface area contributed by atoms with Gasteiger partial charge in [-0.25, -0.2) is 0 Å². The van der Waals surface area contributed by atoms with Crippen molar-refractivity contribution in [2.45, 2.75) is 37.6 Å². The first kappa shape index (κ1) is 17.4. The second-order valence-electron chi connectivity index (χ2n) is 5.88. The standard InChI is InChI=1S/C17H26N2O4/c1-21-12-10-14(22-2)13(15(11-12)23-3)6-9-19-16(20)17(18)7-4-5-8-17/h10-11H,4-9,18H2,1-3H3,(H,19,20). The van der Waals surface area contributed by atoms with Crippen molar-refractivity contribution >= 4 is 5.91 Å². The lowest BCUT2D eigenvalue weighted by Gasteiger charge is -2.22. The van der Waals surface area contributed by atoms with Crippen LogP contribution in [0.4, 0.5) is 0 Å². The van der Waals surface area contributed by atoms with Crippen LogP contribution in [-0.4, -0.2) is 39.3 Å². The number of ether oxygens (including phenoxy) is 3. The summed E-state index contributed by atoms with van der Waals surface area (Å²) in [6.07, 6.45) is 4.15. The van der Waals surface area contributed by atoms with Crippen LogP contribution in [0.1, 0.15) is 31.2 Å². The van der Waals surface area contributed by atoms with Crippen molar-refractivity contribution in [2.75, 3.05) is 27.9 Å². The summed E-state index contributed by atoms with van der Waals surface area (Å²) in [4.78, 5) is 12.2. The highest BCUT2D eigenvalue weighted by molar-refractivity contribution is 5.86. The molecule has 1 aliphatic carbocycles. The number of nitrogens with one attached hydrogen (secondary N) is 1. The highest BCUT2D eigenvalue weighted by atomic mass is 16.5. The van der Waals surface area contributed by atoms with E-state index in [4.69, 9.17) is 19.9 Å². The summed E-state index contributed by atoms with van der Waals surface area (Å²) >= 11 is 0. The van der Waals surface area contributed by atoms with Crippen molar-refractivity contribution in [3.8, 4) is 17.2 Å². The highest BCUT2D eigenvalue weighted by Crippen LogP contribution is 2.34. The van der Waals surface area contributed by atoms with Gasteiger partial charge in [-0.15, -0.1) is 0 Å². The molecule has 0 aliphatic heterocycles. The number of carbonyl (C=O) groups excluding carboxylic acids is 1. The van der Waals surface area contributed by atoms with E-state index in [2.05, 4.69) is 5.32 Å². The van der Waals surface area contributed by atoms with E-state index in [9.17, 15) is 4.79 Å². The Balaban J connectivity index is 2.03. The fourth-order valence-corrected chi connectivity index (χ4v) is 3.03. The van der Waals surface area contributed by atoms with Gasteiger partial charge in [-0.05, 0) is 19.3 Å². The largest absolute Gasteiger partial charge is 0.496 e. The Kier molecular flexibility index (Phi) is 5.71.